The maximum atomic E-state index is 11.7. The first kappa shape index (κ1) is 14.4. The fraction of sp³-hybridized carbons (Fsp3) is 0.267. The summed E-state index contributed by atoms with van der Waals surface area (Å²) in [5, 5.41) is 5.32. The molecular weight excluding hydrogens is 272 g/mol. The molecule has 2 aromatic rings. The van der Waals surface area contributed by atoms with Crippen molar-refractivity contribution in [2.45, 2.75) is 13.3 Å². The van der Waals surface area contributed by atoms with Gasteiger partial charge in [0.25, 0.3) is 0 Å². The number of esters is 1. The number of carbonyl (C=O) groups excluding carboxylic acids is 1. The molecule has 0 aliphatic carbocycles. The summed E-state index contributed by atoms with van der Waals surface area (Å²) in [4.78, 5) is 13.0. The minimum absolute atomic E-state index is 0.325. The van der Waals surface area contributed by atoms with E-state index >= 15 is 0 Å². The van der Waals surface area contributed by atoms with Crippen LogP contribution in [0.15, 0.2) is 35.7 Å². The Labute approximate surface area is 122 Å². The average Bonchev–Trinajstić information content (AvgIpc) is 2.94. The maximum absolute atomic E-state index is 11.7. The number of thiophene rings is 1. The van der Waals surface area contributed by atoms with Crippen molar-refractivity contribution < 1.29 is 9.53 Å². The van der Waals surface area contributed by atoms with E-state index in [-0.39, 0.29) is 5.97 Å². The van der Waals surface area contributed by atoms with Gasteiger partial charge in [-0.1, -0.05) is 6.07 Å². The highest BCUT2D eigenvalue weighted by Crippen LogP contribution is 2.21. The lowest BCUT2D eigenvalue weighted by Gasteiger charge is -2.10. The number of nitrogens with two attached hydrogens (primary N) is 1. The number of rotatable bonds is 6. The number of hydrogen-bond donors (Lipinski definition) is 2. The van der Waals surface area contributed by atoms with Crippen LogP contribution in [0.3, 0.4) is 0 Å². The third-order valence-corrected chi connectivity index (χ3v) is 3.77. The molecule has 0 bridgehead atoms. The lowest BCUT2D eigenvalue weighted by molar-refractivity contribution is 0.0526. The van der Waals surface area contributed by atoms with Crippen LogP contribution in [0.4, 0.5) is 11.4 Å². The molecule has 0 saturated carbocycles. The van der Waals surface area contributed by atoms with Crippen molar-refractivity contribution in [3.05, 3.63) is 46.2 Å². The maximum Gasteiger partial charge on any atom is 0.338 e. The van der Waals surface area contributed by atoms with Crippen LogP contribution in [-0.2, 0) is 11.2 Å². The summed E-state index contributed by atoms with van der Waals surface area (Å²) >= 11 is 1.73. The first-order valence-corrected chi connectivity index (χ1v) is 7.41. The van der Waals surface area contributed by atoms with Gasteiger partial charge in [0.15, 0.2) is 0 Å². The molecule has 0 saturated heterocycles. The van der Waals surface area contributed by atoms with E-state index in [2.05, 4.69) is 16.8 Å². The summed E-state index contributed by atoms with van der Waals surface area (Å²) in [5.74, 6) is -0.325. The van der Waals surface area contributed by atoms with Crippen LogP contribution in [0.25, 0.3) is 0 Å². The second kappa shape index (κ2) is 6.96. The minimum Gasteiger partial charge on any atom is -0.462 e. The summed E-state index contributed by atoms with van der Waals surface area (Å²) in [7, 11) is 0. The molecule has 0 radical (unpaired) electrons. The number of carbonyl (C=O) groups is 1. The summed E-state index contributed by atoms with van der Waals surface area (Å²) in [5.41, 5.74) is 7.82. The number of anilines is 2. The summed E-state index contributed by atoms with van der Waals surface area (Å²) in [6.45, 7) is 2.93. The highest BCUT2D eigenvalue weighted by atomic mass is 32.1. The first-order chi connectivity index (χ1) is 9.70. The Bertz CT molecular complexity index is 567. The molecule has 0 amide bonds. The van der Waals surface area contributed by atoms with Crippen molar-refractivity contribution >= 4 is 28.7 Å². The van der Waals surface area contributed by atoms with E-state index < -0.39 is 0 Å². The quantitative estimate of drug-likeness (QED) is 0.633. The Morgan fingerprint density at radius 1 is 1.40 bits per heavy atom. The molecule has 2 rings (SSSR count). The Morgan fingerprint density at radius 3 is 2.95 bits per heavy atom. The number of nitrogen functional groups attached to an aromatic ring is 1. The SMILES string of the molecule is CCOC(=O)c1ccc(N)c(NCCc2cccs2)c1. The van der Waals surface area contributed by atoms with Gasteiger partial charge < -0.3 is 15.8 Å². The van der Waals surface area contributed by atoms with Gasteiger partial charge in [-0.3, -0.25) is 0 Å². The van der Waals surface area contributed by atoms with E-state index in [9.17, 15) is 4.79 Å². The predicted octanol–water partition coefficient (Wildman–Crippen LogP) is 3.16. The predicted molar refractivity (Wildman–Crippen MR) is 83.3 cm³/mol. The van der Waals surface area contributed by atoms with E-state index in [4.69, 9.17) is 10.5 Å². The fourth-order valence-electron chi connectivity index (χ4n) is 1.83. The van der Waals surface area contributed by atoms with Crippen LogP contribution in [0.5, 0.6) is 0 Å². The van der Waals surface area contributed by atoms with Crippen LogP contribution >= 0.6 is 11.3 Å². The van der Waals surface area contributed by atoms with Gasteiger partial charge in [0.2, 0.25) is 0 Å². The van der Waals surface area contributed by atoms with Crippen molar-refractivity contribution in [3.8, 4) is 0 Å². The van der Waals surface area contributed by atoms with Gasteiger partial charge in [0, 0.05) is 11.4 Å². The van der Waals surface area contributed by atoms with E-state index in [1.807, 2.05) is 6.07 Å². The first-order valence-electron chi connectivity index (χ1n) is 6.53. The molecule has 1 aromatic carbocycles. The van der Waals surface area contributed by atoms with Gasteiger partial charge in [-0.25, -0.2) is 4.79 Å². The van der Waals surface area contributed by atoms with Gasteiger partial charge in [0.1, 0.15) is 0 Å². The Balaban J connectivity index is 1.99. The highest BCUT2D eigenvalue weighted by Gasteiger charge is 2.09. The van der Waals surface area contributed by atoms with Crippen LogP contribution in [0.2, 0.25) is 0 Å². The zero-order valence-corrected chi connectivity index (χ0v) is 12.2. The van der Waals surface area contributed by atoms with Crippen molar-refractivity contribution in [1.82, 2.24) is 0 Å². The zero-order valence-electron chi connectivity index (χ0n) is 11.4. The van der Waals surface area contributed by atoms with E-state index in [0.29, 0.717) is 17.9 Å². The molecule has 0 spiro atoms. The van der Waals surface area contributed by atoms with Crippen LogP contribution < -0.4 is 11.1 Å². The summed E-state index contributed by atoms with van der Waals surface area (Å²) in [6, 6.07) is 9.28. The molecule has 106 valence electrons. The highest BCUT2D eigenvalue weighted by molar-refractivity contribution is 7.09. The molecule has 0 fully saturated rings. The standard InChI is InChI=1S/C15H18N2O2S/c1-2-19-15(18)11-5-6-13(16)14(10-11)17-8-7-12-4-3-9-20-12/h3-6,9-10,17H,2,7-8,16H2,1H3. The third-order valence-electron chi connectivity index (χ3n) is 2.83. The zero-order chi connectivity index (χ0) is 14.4. The summed E-state index contributed by atoms with van der Waals surface area (Å²) < 4.78 is 4.98. The van der Waals surface area contributed by atoms with Crippen LogP contribution in [0, 0.1) is 0 Å². The average molecular weight is 290 g/mol. The molecule has 5 heteroatoms. The molecular formula is C15H18N2O2S. The fourth-order valence-corrected chi connectivity index (χ4v) is 2.53. The summed E-state index contributed by atoms with van der Waals surface area (Å²) in [6.07, 6.45) is 0.931. The van der Waals surface area contributed by atoms with Crippen molar-refractivity contribution in [1.29, 1.82) is 0 Å². The van der Waals surface area contributed by atoms with Gasteiger partial charge in [0.05, 0.1) is 23.5 Å². The third kappa shape index (κ3) is 3.74. The normalized spacial score (nSPS) is 10.2. The van der Waals surface area contributed by atoms with Crippen molar-refractivity contribution in [2.24, 2.45) is 0 Å². The molecule has 0 aliphatic heterocycles. The largest absolute Gasteiger partial charge is 0.462 e. The molecule has 20 heavy (non-hydrogen) atoms. The minimum atomic E-state index is -0.325. The lowest BCUT2D eigenvalue weighted by atomic mass is 10.1. The topological polar surface area (TPSA) is 64.3 Å². The van der Waals surface area contributed by atoms with Gasteiger partial charge in [-0.2, -0.15) is 0 Å². The number of benzene rings is 1. The Kier molecular flexibility index (Phi) is 5.01. The molecule has 4 nitrogen and oxygen atoms in total. The van der Waals surface area contributed by atoms with Crippen molar-refractivity contribution in [3.63, 3.8) is 0 Å². The molecule has 3 N–H and O–H groups in total. The molecule has 0 atom stereocenters. The Morgan fingerprint density at radius 2 is 2.25 bits per heavy atom. The van der Waals surface area contributed by atoms with Gasteiger partial charge >= 0.3 is 5.97 Å². The molecule has 0 unspecified atom stereocenters. The van der Waals surface area contributed by atoms with E-state index in [0.717, 1.165) is 18.7 Å². The smallest absolute Gasteiger partial charge is 0.338 e. The van der Waals surface area contributed by atoms with Crippen LogP contribution in [0.1, 0.15) is 22.2 Å². The van der Waals surface area contributed by atoms with Crippen LogP contribution in [-0.4, -0.2) is 19.1 Å². The number of nitrogens with one attached hydrogen (secondary N) is 1. The van der Waals surface area contributed by atoms with Gasteiger partial charge in [-0.15, -0.1) is 11.3 Å². The molecule has 1 aromatic heterocycles. The van der Waals surface area contributed by atoms with E-state index in [1.54, 1.807) is 36.5 Å². The van der Waals surface area contributed by atoms with Gasteiger partial charge in [-0.05, 0) is 43.0 Å². The van der Waals surface area contributed by atoms with Crippen molar-refractivity contribution in [2.75, 3.05) is 24.2 Å². The number of hydrogen-bond acceptors (Lipinski definition) is 5. The second-order valence-electron chi connectivity index (χ2n) is 4.28. The van der Waals surface area contributed by atoms with E-state index in [1.165, 1.54) is 4.88 Å². The second-order valence-corrected chi connectivity index (χ2v) is 5.31. The molecule has 1 heterocycles. The number of ether oxygens (including phenoxy) is 1. The monoisotopic (exact) mass is 290 g/mol. The molecule has 0 aliphatic rings. The Hall–Kier alpha value is -2.01. The lowest BCUT2D eigenvalue weighted by Crippen LogP contribution is -2.09.